The van der Waals surface area contributed by atoms with Crippen molar-refractivity contribution in [2.75, 3.05) is 26.2 Å². The van der Waals surface area contributed by atoms with Crippen LogP contribution < -0.4 is 14.4 Å². The molecule has 4 nitrogen and oxygen atoms in total. The Hall–Kier alpha value is -2.27. The summed E-state index contributed by atoms with van der Waals surface area (Å²) < 4.78 is 11.7. The van der Waals surface area contributed by atoms with Gasteiger partial charge in [-0.05, 0) is 49.4 Å². The van der Waals surface area contributed by atoms with Gasteiger partial charge in [-0.3, -0.25) is 9.89 Å². The first-order valence-electron chi connectivity index (χ1n) is 7.42. The Kier molecular flexibility index (Phi) is 6.04. The van der Waals surface area contributed by atoms with Crippen molar-refractivity contribution >= 4 is 33.1 Å². The molecule has 0 fully saturated rings. The first-order chi connectivity index (χ1) is 11.5. The van der Waals surface area contributed by atoms with Crippen molar-refractivity contribution in [1.82, 2.24) is 0 Å². The van der Waals surface area contributed by atoms with Crippen molar-refractivity contribution in [2.45, 2.75) is 6.92 Å². The van der Waals surface area contributed by atoms with Crippen molar-refractivity contribution in [3.05, 3.63) is 59.1 Å². The van der Waals surface area contributed by atoms with Gasteiger partial charge in [-0.1, -0.05) is 22.5 Å². The summed E-state index contributed by atoms with van der Waals surface area (Å²) >= 11 is 3.47. The molecule has 0 aliphatic heterocycles. The maximum absolute atomic E-state index is 5.51. The van der Waals surface area contributed by atoms with Crippen LogP contribution in [0.4, 0.5) is 5.69 Å². The number of hydrogen-bond acceptors (Lipinski definition) is 3. The molecule has 24 heavy (non-hydrogen) atoms. The standard InChI is InChI=1S/C19H21BrN2O2/c1-13(18-11-6-15(20)12-19(18)24-5)22(14(2)21-3)16-7-9-17(23-4)10-8-16/h6-12H,1H2,2-5H3. The van der Waals surface area contributed by atoms with Crippen LogP contribution in [0.25, 0.3) is 5.70 Å². The molecule has 2 aromatic carbocycles. The van der Waals surface area contributed by atoms with E-state index in [-0.39, 0.29) is 0 Å². The Morgan fingerprint density at radius 3 is 2.29 bits per heavy atom. The Morgan fingerprint density at radius 2 is 1.75 bits per heavy atom. The Bertz CT molecular complexity index is 754. The fourth-order valence-corrected chi connectivity index (χ4v) is 2.73. The molecular formula is C19H21BrN2O2. The minimum Gasteiger partial charge on any atom is -0.497 e. The molecule has 0 atom stereocenters. The van der Waals surface area contributed by atoms with E-state index in [0.717, 1.165) is 38.8 Å². The van der Waals surface area contributed by atoms with Gasteiger partial charge in [0.05, 0.1) is 19.9 Å². The third-order valence-electron chi connectivity index (χ3n) is 3.72. The largest absolute Gasteiger partial charge is 0.497 e. The highest BCUT2D eigenvalue weighted by atomic mass is 79.9. The van der Waals surface area contributed by atoms with Crippen LogP contribution in [-0.2, 0) is 0 Å². The van der Waals surface area contributed by atoms with Gasteiger partial charge < -0.3 is 9.47 Å². The van der Waals surface area contributed by atoms with E-state index in [1.807, 2.05) is 54.3 Å². The predicted octanol–water partition coefficient (Wildman–Crippen LogP) is 4.99. The normalized spacial score (nSPS) is 11.1. The van der Waals surface area contributed by atoms with Crippen molar-refractivity contribution in [2.24, 2.45) is 4.99 Å². The zero-order chi connectivity index (χ0) is 17.7. The lowest BCUT2D eigenvalue weighted by molar-refractivity contribution is 0.413. The van der Waals surface area contributed by atoms with E-state index < -0.39 is 0 Å². The smallest absolute Gasteiger partial charge is 0.129 e. The second kappa shape index (κ2) is 8.02. The number of anilines is 1. The van der Waals surface area contributed by atoms with Crippen molar-refractivity contribution in [3.8, 4) is 11.5 Å². The Labute approximate surface area is 151 Å². The number of rotatable bonds is 5. The highest BCUT2D eigenvalue weighted by molar-refractivity contribution is 9.10. The topological polar surface area (TPSA) is 34.1 Å². The van der Waals surface area contributed by atoms with Crippen LogP contribution in [0.3, 0.4) is 0 Å². The van der Waals surface area contributed by atoms with Gasteiger partial charge in [-0.2, -0.15) is 0 Å². The van der Waals surface area contributed by atoms with Crippen molar-refractivity contribution in [1.29, 1.82) is 0 Å². The van der Waals surface area contributed by atoms with E-state index in [4.69, 9.17) is 9.47 Å². The van der Waals surface area contributed by atoms with Crippen molar-refractivity contribution in [3.63, 3.8) is 0 Å². The summed E-state index contributed by atoms with van der Waals surface area (Å²) in [4.78, 5) is 6.32. The van der Waals surface area contributed by atoms with Crippen LogP contribution in [0.15, 0.2) is 58.5 Å². The van der Waals surface area contributed by atoms with Crippen LogP contribution >= 0.6 is 15.9 Å². The molecule has 0 heterocycles. The summed E-state index contributed by atoms with van der Waals surface area (Å²) in [6.07, 6.45) is 0. The van der Waals surface area contributed by atoms with Gasteiger partial charge in [0.15, 0.2) is 0 Å². The summed E-state index contributed by atoms with van der Waals surface area (Å²) in [5.41, 5.74) is 2.64. The maximum atomic E-state index is 5.51. The lowest BCUT2D eigenvalue weighted by Gasteiger charge is -2.27. The average molecular weight is 389 g/mol. The molecule has 5 heteroatoms. The first-order valence-corrected chi connectivity index (χ1v) is 8.21. The van der Waals surface area contributed by atoms with E-state index in [2.05, 4.69) is 27.5 Å². The molecule has 2 rings (SSSR count). The van der Waals surface area contributed by atoms with E-state index >= 15 is 0 Å². The number of hydrogen-bond donors (Lipinski definition) is 0. The molecule has 0 spiro atoms. The van der Waals surface area contributed by atoms with Gasteiger partial charge in [-0.15, -0.1) is 0 Å². The van der Waals surface area contributed by atoms with Gasteiger partial charge in [0.1, 0.15) is 17.3 Å². The van der Waals surface area contributed by atoms with Crippen LogP contribution in [-0.4, -0.2) is 27.1 Å². The van der Waals surface area contributed by atoms with Gasteiger partial charge in [0.2, 0.25) is 0 Å². The van der Waals surface area contributed by atoms with Crippen LogP contribution in [0.2, 0.25) is 0 Å². The quantitative estimate of drug-likeness (QED) is 0.534. The number of halogens is 1. The molecule has 0 saturated carbocycles. The summed E-state index contributed by atoms with van der Waals surface area (Å²) in [5.74, 6) is 2.38. The van der Waals surface area contributed by atoms with Crippen LogP contribution in [0.5, 0.6) is 11.5 Å². The maximum Gasteiger partial charge on any atom is 0.129 e. The zero-order valence-corrected chi connectivity index (χ0v) is 15.9. The minimum atomic E-state index is 0.747. The van der Waals surface area contributed by atoms with Crippen LogP contribution in [0.1, 0.15) is 12.5 Å². The number of benzene rings is 2. The Morgan fingerprint density at radius 1 is 1.08 bits per heavy atom. The summed E-state index contributed by atoms with van der Waals surface area (Å²) in [5, 5.41) is 0. The molecule has 0 aliphatic carbocycles. The first kappa shape index (κ1) is 18.1. The van der Waals surface area contributed by atoms with Gasteiger partial charge >= 0.3 is 0 Å². The predicted molar refractivity (Wildman–Crippen MR) is 104 cm³/mol. The molecule has 0 aromatic heterocycles. The zero-order valence-electron chi connectivity index (χ0n) is 14.3. The summed E-state index contributed by atoms with van der Waals surface area (Å²) in [6.45, 7) is 6.22. The van der Waals surface area contributed by atoms with E-state index in [0.29, 0.717) is 0 Å². The minimum absolute atomic E-state index is 0.747. The molecule has 126 valence electrons. The molecule has 0 radical (unpaired) electrons. The molecule has 0 bridgehead atoms. The number of aliphatic imine (C=N–C) groups is 1. The molecule has 0 N–H and O–H groups in total. The van der Waals surface area contributed by atoms with Gasteiger partial charge in [0, 0.05) is 22.8 Å². The summed E-state index contributed by atoms with van der Waals surface area (Å²) in [6, 6.07) is 13.6. The number of nitrogens with zero attached hydrogens (tertiary/aromatic N) is 2. The molecular weight excluding hydrogens is 368 g/mol. The highest BCUT2D eigenvalue weighted by Crippen LogP contribution is 2.33. The molecule has 2 aromatic rings. The third-order valence-corrected chi connectivity index (χ3v) is 4.22. The fourth-order valence-electron chi connectivity index (χ4n) is 2.39. The lowest BCUT2D eigenvalue weighted by Crippen LogP contribution is -2.26. The van der Waals surface area contributed by atoms with E-state index in [1.54, 1.807) is 21.3 Å². The van der Waals surface area contributed by atoms with Crippen LogP contribution in [0, 0.1) is 0 Å². The third kappa shape index (κ3) is 3.79. The summed E-state index contributed by atoms with van der Waals surface area (Å²) in [7, 11) is 5.06. The molecule has 0 aliphatic rings. The highest BCUT2D eigenvalue weighted by Gasteiger charge is 2.18. The number of methoxy groups -OCH3 is 2. The number of ether oxygens (including phenoxy) is 2. The monoisotopic (exact) mass is 388 g/mol. The molecule has 0 amide bonds. The van der Waals surface area contributed by atoms with Gasteiger partial charge in [-0.25, -0.2) is 0 Å². The average Bonchev–Trinajstić information content (AvgIpc) is 2.61. The second-order valence-corrected chi connectivity index (χ2v) is 6.01. The fraction of sp³-hybridized carbons (Fsp3) is 0.211. The van der Waals surface area contributed by atoms with Gasteiger partial charge in [0.25, 0.3) is 0 Å². The molecule has 0 saturated heterocycles. The number of amidine groups is 1. The SMILES string of the molecule is C=C(c1ccc(Br)cc1OC)N(C(C)=NC)c1ccc(OC)cc1. The molecule has 0 unspecified atom stereocenters. The van der Waals surface area contributed by atoms with Crippen molar-refractivity contribution < 1.29 is 9.47 Å². The van der Waals surface area contributed by atoms with E-state index in [1.165, 1.54) is 0 Å². The lowest BCUT2D eigenvalue weighted by atomic mass is 10.1. The second-order valence-electron chi connectivity index (χ2n) is 5.10. The Balaban J connectivity index is 2.50. The van der Waals surface area contributed by atoms with E-state index in [9.17, 15) is 0 Å².